The molecule has 2 fully saturated rings. The van der Waals surface area contributed by atoms with Crippen molar-refractivity contribution in [1.82, 2.24) is 14.9 Å². The molecule has 1 saturated carbocycles. The molecule has 174 valence electrons. The van der Waals surface area contributed by atoms with Gasteiger partial charge in [0.25, 0.3) is 0 Å². The van der Waals surface area contributed by atoms with Gasteiger partial charge in [0.15, 0.2) is 14.9 Å². The second kappa shape index (κ2) is 10.1. The number of rotatable bonds is 6. The lowest BCUT2D eigenvalue weighted by molar-refractivity contribution is -0.0659. The second-order valence-corrected chi connectivity index (χ2v) is 10.6. The number of carbonyl (C=O) groups is 1. The first-order valence-corrected chi connectivity index (χ1v) is 12.8. The van der Waals surface area contributed by atoms with E-state index in [4.69, 9.17) is 14.2 Å². The van der Waals surface area contributed by atoms with Crippen LogP contribution in [-0.2, 0) is 19.3 Å². The molecule has 10 heteroatoms. The lowest BCUT2D eigenvalue weighted by atomic mass is 9.94. The zero-order valence-corrected chi connectivity index (χ0v) is 19.6. The highest BCUT2D eigenvalue weighted by Gasteiger charge is 2.29. The van der Waals surface area contributed by atoms with Crippen molar-refractivity contribution in [3.05, 3.63) is 11.9 Å². The number of piperidine rings is 1. The fourth-order valence-electron chi connectivity index (χ4n) is 3.91. The largest absolute Gasteiger partial charge is 0.473 e. The first kappa shape index (κ1) is 23.7. The number of hydrogen-bond acceptors (Lipinski definition) is 8. The highest BCUT2D eigenvalue weighted by atomic mass is 32.2. The predicted octanol–water partition coefficient (Wildman–Crippen LogP) is 2.90. The topological polar surface area (TPSA) is 108 Å². The Morgan fingerprint density at radius 3 is 2.19 bits per heavy atom. The first-order chi connectivity index (χ1) is 14.6. The van der Waals surface area contributed by atoms with Gasteiger partial charge in [-0.05, 0) is 59.3 Å². The summed E-state index contributed by atoms with van der Waals surface area (Å²) in [5.74, 6) is 0.387. The monoisotopic (exact) mass is 455 g/mol. The molecular formula is C21H33N3O6S. The van der Waals surface area contributed by atoms with Crippen molar-refractivity contribution in [2.45, 2.75) is 88.7 Å². The fraction of sp³-hybridized carbons (Fsp3) is 0.762. The summed E-state index contributed by atoms with van der Waals surface area (Å²) in [6.45, 7) is 6.74. The molecule has 31 heavy (non-hydrogen) atoms. The van der Waals surface area contributed by atoms with Crippen molar-refractivity contribution >= 4 is 15.9 Å². The minimum Gasteiger partial charge on any atom is -0.473 e. The Hall–Kier alpha value is -1.94. The Labute approximate surface area is 184 Å². The van der Waals surface area contributed by atoms with E-state index in [-0.39, 0.29) is 35.5 Å². The van der Waals surface area contributed by atoms with Gasteiger partial charge in [-0.15, -0.1) is 0 Å². The SMILES string of the molecule is Cc1nc(S(C)(=O)=O)cnc1O[C@H]1CC[C@H](OC2CCN(C(=O)OC(C)C)CC2)CC1. The number of likely N-dealkylation sites (tertiary alicyclic amines) is 1. The maximum absolute atomic E-state index is 12.0. The van der Waals surface area contributed by atoms with Crippen LogP contribution >= 0.6 is 0 Å². The average Bonchev–Trinajstić information content (AvgIpc) is 2.70. The molecule has 0 N–H and O–H groups in total. The van der Waals surface area contributed by atoms with Crippen LogP contribution < -0.4 is 4.74 Å². The minimum atomic E-state index is -3.38. The van der Waals surface area contributed by atoms with Crippen LogP contribution in [0.2, 0.25) is 0 Å². The number of hydrogen-bond donors (Lipinski definition) is 0. The molecule has 0 radical (unpaired) electrons. The minimum absolute atomic E-state index is 0.0181. The van der Waals surface area contributed by atoms with E-state index in [1.807, 2.05) is 13.8 Å². The Bertz CT molecular complexity index is 860. The van der Waals surface area contributed by atoms with Crippen LogP contribution in [0.1, 0.15) is 58.1 Å². The normalized spacial score (nSPS) is 23.1. The second-order valence-electron chi connectivity index (χ2n) is 8.64. The summed E-state index contributed by atoms with van der Waals surface area (Å²) in [4.78, 5) is 22.0. The van der Waals surface area contributed by atoms with Gasteiger partial charge in [-0.25, -0.2) is 23.2 Å². The van der Waals surface area contributed by atoms with E-state index in [2.05, 4.69) is 9.97 Å². The van der Waals surface area contributed by atoms with Gasteiger partial charge in [0, 0.05) is 19.3 Å². The Morgan fingerprint density at radius 2 is 1.65 bits per heavy atom. The van der Waals surface area contributed by atoms with Crippen molar-refractivity contribution in [3.63, 3.8) is 0 Å². The number of carbonyl (C=O) groups excluding carboxylic acids is 1. The summed E-state index contributed by atoms with van der Waals surface area (Å²) in [6.07, 6.45) is 7.53. The van der Waals surface area contributed by atoms with Crippen LogP contribution in [-0.4, -0.2) is 73.1 Å². The molecule has 1 saturated heterocycles. The van der Waals surface area contributed by atoms with Crippen molar-refractivity contribution in [3.8, 4) is 5.88 Å². The lowest BCUT2D eigenvalue weighted by Gasteiger charge is -2.35. The van der Waals surface area contributed by atoms with Crippen LogP contribution in [0.15, 0.2) is 11.2 Å². The van der Waals surface area contributed by atoms with Gasteiger partial charge in [0.1, 0.15) is 11.8 Å². The number of aromatic nitrogens is 2. The molecule has 1 aliphatic heterocycles. The van der Waals surface area contributed by atoms with Crippen LogP contribution in [0.4, 0.5) is 4.79 Å². The fourth-order valence-corrected chi connectivity index (χ4v) is 4.46. The third kappa shape index (κ3) is 6.77. The van der Waals surface area contributed by atoms with Crippen LogP contribution in [0.5, 0.6) is 5.88 Å². The molecule has 1 aromatic rings. The van der Waals surface area contributed by atoms with Gasteiger partial charge >= 0.3 is 6.09 Å². The summed E-state index contributed by atoms with van der Waals surface area (Å²) in [5.41, 5.74) is 0.476. The number of amides is 1. The van der Waals surface area contributed by atoms with E-state index >= 15 is 0 Å². The summed E-state index contributed by atoms with van der Waals surface area (Å²) in [5, 5.41) is -0.0435. The van der Waals surface area contributed by atoms with Crippen molar-refractivity contribution in [2.75, 3.05) is 19.3 Å². The number of nitrogens with zero attached hydrogens (tertiary/aromatic N) is 3. The van der Waals surface area contributed by atoms with Gasteiger partial charge in [-0.3, -0.25) is 0 Å². The molecule has 3 rings (SSSR count). The zero-order valence-electron chi connectivity index (χ0n) is 18.7. The van der Waals surface area contributed by atoms with Gasteiger partial charge in [-0.2, -0.15) is 0 Å². The zero-order chi connectivity index (χ0) is 22.6. The number of aryl methyl sites for hydroxylation is 1. The molecule has 1 aliphatic carbocycles. The smallest absolute Gasteiger partial charge is 0.410 e. The molecule has 0 atom stereocenters. The maximum atomic E-state index is 12.0. The first-order valence-electron chi connectivity index (χ1n) is 10.9. The van der Waals surface area contributed by atoms with E-state index in [1.165, 1.54) is 6.20 Å². The number of ether oxygens (including phenoxy) is 3. The van der Waals surface area contributed by atoms with E-state index in [0.717, 1.165) is 44.8 Å². The average molecular weight is 456 g/mol. The molecule has 2 heterocycles. The van der Waals surface area contributed by atoms with Crippen LogP contribution in [0.25, 0.3) is 0 Å². The summed E-state index contributed by atoms with van der Waals surface area (Å²) in [6, 6.07) is 0. The standard InChI is InChI=1S/C21H33N3O6S/c1-14(2)28-21(25)24-11-9-18(10-12-24)29-16-5-7-17(8-6-16)30-20-15(3)23-19(13-22-20)31(4,26)27/h13-14,16-18H,5-12H2,1-4H3/t16-,17-. The summed E-state index contributed by atoms with van der Waals surface area (Å²) >= 11 is 0. The van der Waals surface area contributed by atoms with E-state index in [1.54, 1.807) is 11.8 Å². The van der Waals surface area contributed by atoms with E-state index < -0.39 is 9.84 Å². The van der Waals surface area contributed by atoms with Gasteiger partial charge in [0.2, 0.25) is 5.88 Å². The summed E-state index contributed by atoms with van der Waals surface area (Å²) < 4.78 is 40.7. The van der Waals surface area contributed by atoms with Gasteiger partial charge in [-0.1, -0.05) is 0 Å². The summed E-state index contributed by atoms with van der Waals surface area (Å²) in [7, 11) is -3.38. The van der Waals surface area contributed by atoms with Crippen LogP contribution in [0.3, 0.4) is 0 Å². The van der Waals surface area contributed by atoms with Crippen molar-refractivity contribution < 1.29 is 27.4 Å². The molecule has 0 spiro atoms. The molecular weight excluding hydrogens is 422 g/mol. The molecule has 0 unspecified atom stereocenters. The molecule has 2 aliphatic rings. The van der Waals surface area contributed by atoms with E-state index in [9.17, 15) is 13.2 Å². The van der Waals surface area contributed by atoms with Crippen molar-refractivity contribution in [1.29, 1.82) is 0 Å². The molecule has 1 amide bonds. The van der Waals surface area contributed by atoms with Crippen LogP contribution in [0, 0.1) is 6.92 Å². The number of sulfone groups is 1. The maximum Gasteiger partial charge on any atom is 0.410 e. The quantitative estimate of drug-likeness (QED) is 0.644. The third-order valence-corrected chi connectivity index (χ3v) is 6.54. The van der Waals surface area contributed by atoms with Gasteiger partial charge < -0.3 is 19.1 Å². The van der Waals surface area contributed by atoms with E-state index in [0.29, 0.717) is 24.7 Å². The predicted molar refractivity (Wildman–Crippen MR) is 114 cm³/mol. The third-order valence-electron chi connectivity index (χ3n) is 5.58. The Balaban J connectivity index is 1.41. The highest BCUT2D eigenvalue weighted by molar-refractivity contribution is 7.90. The Morgan fingerprint density at radius 1 is 1.06 bits per heavy atom. The highest BCUT2D eigenvalue weighted by Crippen LogP contribution is 2.28. The molecule has 0 bridgehead atoms. The van der Waals surface area contributed by atoms with Crippen molar-refractivity contribution in [2.24, 2.45) is 0 Å². The lowest BCUT2D eigenvalue weighted by Crippen LogP contribution is -2.43. The Kier molecular flexibility index (Phi) is 7.74. The molecule has 1 aromatic heterocycles. The van der Waals surface area contributed by atoms with Gasteiger partial charge in [0.05, 0.1) is 24.5 Å². The molecule has 9 nitrogen and oxygen atoms in total. The molecule has 0 aromatic carbocycles.